The minimum Gasteiger partial charge on any atom is -0.480 e. The number of aliphatic carboxylic acids is 1. The Balaban J connectivity index is 1.88. The summed E-state index contributed by atoms with van der Waals surface area (Å²) >= 11 is 0. The number of carbonyl (C=O) groups excluding carboxylic acids is 3. The SMILES string of the molecule is O=C(O)CNC(=O)C1C(=O)CC2(CCCCC2)N(Cc2ccc(C(F)(F)F)nc2)C1=O. The van der Waals surface area contributed by atoms with Crippen molar-refractivity contribution >= 4 is 23.6 Å². The van der Waals surface area contributed by atoms with E-state index < -0.39 is 53.4 Å². The summed E-state index contributed by atoms with van der Waals surface area (Å²) in [6.45, 7) is -0.830. The van der Waals surface area contributed by atoms with Gasteiger partial charge in [-0.1, -0.05) is 25.3 Å². The average molecular weight is 441 g/mol. The molecule has 0 aromatic carbocycles. The van der Waals surface area contributed by atoms with Crippen LogP contribution in [0.3, 0.4) is 0 Å². The molecule has 8 nitrogen and oxygen atoms in total. The highest BCUT2D eigenvalue weighted by Gasteiger charge is 2.52. The van der Waals surface area contributed by atoms with Gasteiger partial charge in [-0.25, -0.2) is 0 Å². The molecule has 0 bridgehead atoms. The van der Waals surface area contributed by atoms with Gasteiger partial charge in [-0.2, -0.15) is 13.2 Å². The summed E-state index contributed by atoms with van der Waals surface area (Å²) < 4.78 is 38.4. The zero-order chi connectivity index (χ0) is 22.8. The van der Waals surface area contributed by atoms with Crippen LogP contribution in [0.25, 0.3) is 0 Å². The van der Waals surface area contributed by atoms with E-state index in [4.69, 9.17) is 5.11 Å². The van der Waals surface area contributed by atoms with Gasteiger partial charge in [-0.05, 0) is 24.5 Å². The standard InChI is InChI=1S/C20H22F3N3O5/c21-20(22,23)14-5-4-12(9-24-14)11-26-18(31)16(17(30)25-10-15(28)29)13(27)8-19(26)6-2-1-3-7-19/h4-5,9,16H,1-3,6-8,10-11H2,(H,25,30)(H,28,29). The van der Waals surface area contributed by atoms with Crippen molar-refractivity contribution < 1.29 is 37.5 Å². The van der Waals surface area contributed by atoms with Crippen LogP contribution in [-0.4, -0.2) is 50.6 Å². The Morgan fingerprint density at radius 3 is 2.42 bits per heavy atom. The maximum absolute atomic E-state index is 13.2. The molecule has 1 spiro atoms. The van der Waals surface area contributed by atoms with Crippen LogP contribution in [0, 0.1) is 5.92 Å². The van der Waals surface area contributed by atoms with E-state index in [9.17, 15) is 32.3 Å². The first-order valence-electron chi connectivity index (χ1n) is 9.89. The molecule has 2 aliphatic rings. The number of pyridine rings is 1. The number of likely N-dealkylation sites (tertiary alicyclic amines) is 1. The largest absolute Gasteiger partial charge is 0.480 e. The predicted molar refractivity (Wildman–Crippen MR) is 99.4 cm³/mol. The molecular weight excluding hydrogens is 419 g/mol. The number of nitrogens with zero attached hydrogens (tertiary/aromatic N) is 2. The number of aromatic nitrogens is 1. The minimum absolute atomic E-state index is 0.0576. The normalized spacial score (nSPS) is 21.3. The van der Waals surface area contributed by atoms with Crippen LogP contribution in [0.1, 0.15) is 49.8 Å². The molecule has 2 heterocycles. The molecule has 1 saturated heterocycles. The lowest BCUT2D eigenvalue weighted by molar-refractivity contribution is -0.162. The van der Waals surface area contributed by atoms with E-state index in [1.807, 2.05) is 0 Å². The van der Waals surface area contributed by atoms with E-state index in [1.165, 1.54) is 11.0 Å². The quantitative estimate of drug-likeness (QED) is 0.675. The fourth-order valence-corrected chi connectivity index (χ4v) is 4.34. The lowest BCUT2D eigenvalue weighted by Gasteiger charge is -2.50. The molecule has 0 radical (unpaired) electrons. The zero-order valence-electron chi connectivity index (χ0n) is 16.6. The molecule has 1 saturated carbocycles. The fourth-order valence-electron chi connectivity index (χ4n) is 4.34. The molecule has 1 unspecified atom stereocenters. The number of rotatable bonds is 5. The van der Waals surface area contributed by atoms with Gasteiger partial charge in [-0.3, -0.25) is 24.2 Å². The van der Waals surface area contributed by atoms with Crippen LogP contribution in [0.2, 0.25) is 0 Å². The van der Waals surface area contributed by atoms with Gasteiger partial charge in [0.15, 0.2) is 11.7 Å². The second-order valence-corrected chi connectivity index (χ2v) is 7.95. The summed E-state index contributed by atoms with van der Waals surface area (Å²) in [5.41, 5.74) is -1.53. The summed E-state index contributed by atoms with van der Waals surface area (Å²) in [5.74, 6) is -5.31. The van der Waals surface area contributed by atoms with E-state index in [1.54, 1.807) is 0 Å². The Bertz CT molecular complexity index is 879. The van der Waals surface area contributed by atoms with E-state index >= 15 is 0 Å². The van der Waals surface area contributed by atoms with Gasteiger partial charge in [0.1, 0.15) is 12.2 Å². The van der Waals surface area contributed by atoms with Crippen molar-refractivity contribution in [3.63, 3.8) is 0 Å². The number of nitrogens with one attached hydrogen (secondary N) is 1. The van der Waals surface area contributed by atoms with Crippen molar-refractivity contribution in [1.82, 2.24) is 15.2 Å². The van der Waals surface area contributed by atoms with Gasteiger partial charge in [0.05, 0.1) is 5.54 Å². The number of alkyl halides is 3. The first-order valence-corrected chi connectivity index (χ1v) is 9.89. The summed E-state index contributed by atoms with van der Waals surface area (Å²) in [5, 5.41) is 10.8. The van der Waals surface area contributed by atoms with Crippen LogP contribution < -0.4 is 5.32 Å². The Morgan fingerprint density at radius 1 is 1.19 bits per heavy atom. The Hall–Kier alpha value is -2.98. The first kappa shape index (κ1) is 22.7. The molecule has 2 amide bonds. The van der Waals surface area contributed by atoms with E-state index in [2.05, 4.69) is 10.3 Å². The van der Waals surface area contributed by atoms with Crippen molar-refractivity contribution in [2.45, 2.75) is 56.8 Å². The Labute approximate surface area is 175 Å². The van der Waals surface area contributed by atoms with Crippen molar-refractivity contribution in [2.24, 2.45) is 5.92 Å². The summed E-state index contributed by atoms with van der Waals surface area (Å²) in [4.78, 5) is 53.9. The summed E-state index contributed by atoms with van der Waals surface area (Å²) in [6.07, 6.45) is -0.0485. The predicted octanol–water partition coefficient (Wildman–Crippen LogP) is 1.92. The number of piperidine rings is 1. The fraction of sp³-hybridized carbons (Fsp3) is 0.550. The van der Waals surface area contributed by atoms with Crippen LogP contribution in [0.5, 0.6) is 0 Å². The van der Waals surface area contributed by atoms with Gasteiger partial charge < -0.3 is 15.3 Å². The first-order chi connectivity index (χ1) is 14.5. The topological polar surface area (TPSA) is 117 Å². The average Bonchev–Trinajstić information content (AvgIpc) is 2.70. The molecule has 31 heavy (non-hydrogen) atoms. The van der Waals surface area contributed by atoms with Crippen molar-refractivity contribution in [2.75, 3.05) is 6.54 Å². The minimum atomic E-state index is -4.59. The molecule has 11 heteroatoms. The number of hydrogen-bond acceptors (Lipinski definition) is 5. The third-order valence-electron chi connectivity index (χ3n) is 5.83. The summed E-state index contributed by atoms with van der Waals surface area (Å²) in [7, 11) is 0. The molecule has 2 fully saturated rings. The number of Topliss-reactive ketones (excluding diaryl/α,β-unsaturated/α-hetero) is 1. The van der Waals surface area contributed by atoms with Crippen molar-refractivity contribution in [3.05, 3.63) is 29.6 Å². The Kier molecular flexibility index (Phi) is 6.33. The third kappa shape index (κ3) is 4.86. The lowest BCUT2D eigenvalue weighted by Crippen LogP contribution is -2.63. The maximum atomic E-state index is 13.2. The smallest absolute Gasteiger partial charge is 0.433 e. The molecule has 3 rings (SSSR count). The van der Waals surface area contributed by atoms with Gasteiger partial charge in [0, 0.05) is 19.2 Å². The second-order valence-electron chi connectivity index (χ2n) is 7.95. The number of amides is 2. The van der Waals surface area contributed by atoms with Gasteiger partial charge in [0.25, 0.3) is 0 Å². The third-order valence-corrected chi connectivity index (χ3v) is 5.83. The Morgan fingerprint density at radius 2 is 1.87 bits per heavy atom. The van der Waals surface area contributed by atoms with E-state index in [-0.39, 0.29) is 13.0 Å². The summed E-state index contributed by atoms with van der Waals surface area (Å²) in [6, 6.07) is 2.04. The molecule has 1 aromatic heterocycles. The highest BCUT2D eigenvalue weighted by Crippen LogP contribution is 2.42. The number of carboxylic acids is 1. The van der Waals surface area contributed by atoms with Crippen LogP contribution in [0.4, 0.5) is 13.2 Å². The van der Waals surface area contributed by atoms with Crippen molar-refractivity contribution in [3.8, 4) is 0 Å². The number of carbonyl (C=O) groups is 4. The van der Waals surface area contributed by atoms with E-state index in [0.717, 1.165) is 31.5 Å². The monoisotopic (exact) mass is 441 g/mol. The zero-order valence-corrected chi connectivity index (χ0v) is 16.6. The number of hydrogen-bond donors (Lipinski definition) is 2. The van der Waals surface area contributed by atoms with Gasteiger partial charge >= 0.3 is 12.1 Å². The molecule has 1 aromatic rings. The number of carboxylic acid groups (broad SMARTS) is 1. The lowest BCUT2D eigenvalue weighted by atomic mass is 9.71. The molecule has 1 atom stereocenters. The maximum Gasteiger partial charge on any atom is 0.433 e. The second kappa shape index (κ2) is 8.64. The molecular formula is C20H22F3N3O5. The molecule has 2 N–H and O–H groups in total. The molecule has 1 aliphatic heterocycles. The van der Waals surface area contributed by atoms with Gasteiger partial charge in [0.2, 0.25) is 11.8 Å². The number of ketones is 1. The highest BCUT2D eigenvalue weighted by molar-refractivity contribution is 6.20. The molecule has 1 aliphatic carbocycles. The van der Waals surface area contributed by atoms with Crippen LogP contribution >= 0.6 is 0 Å². The van der Waals surface area contributed by atoms with Crippen LogP contribution in [-0.2, 0) is 31.9 Å². The van der Waals surface area contributed by atoms with Crippen LogP contribution in [0.15, 0.2) is 18.3 Å². The molecule has 168 valence electrons. The van der Waals surface area contributed by atoms with Gasteiger partial charge in [-0.15, -0.1) is 0 Å². The number of halogens is 3. The van der Waals surface area contributed by atoms with Crippen molar-refractivity contribution in [1.29, 1.82) is 0 Å². The van der Waals surface area contributed by atoms with E-state index in [0.29, 0.717) is 18.4 Å². The highest BCUT2D eigenvalue weighted by atomic mass is 19.4.